The maximum absolute atomic E-state index is 12.7. The molecule has 164 valence electrons. The quantitative estimate of drug-likeness (QED) is 0.648. The molecule has 30 heavy (non-hydrogen) atoms. The molecule has 1 aromatic heterocycles. The van der Waals surface area contributed by atoms with E-state index < -0.39 is 10.0 Å². The first kappa shape index (κ1) is 21.2. The van der Waals surface area contributed by atoms with Gasteiger partial charge in [0, 0.05) is 38.3 Å². The van der Waals surface area contributed by atoms with Crippen molar-refractivity contribution in [3.63, 3.8) is 0 Å². The van der Waals surface area contributed by atoms with E-state index in [0.717, 1.165) is 30.6 Å². The van der Waals surface area contributed by atoms with Gasteiger partial charge in [0.1, 0.15) is 5.75 Å². The summed E-state index contributed by atoms with van der Waals surface area (Å²) in [5.74, 6) is 1.90. The summed E-state index contributed by atoms with van der Waals surface area (Å²) in [7, 11) is -1.68. The van der Waals surface area contributed by atoms with Crippen molar-refractivity contribution in [2.24, 2.45) is 0 Å². The van der Waals surface area contributed by atoms with Crippen LogP contribution in [0.3, 0.4) is 0 Å². The highest BCUT2D eigenvalue weighted by atomic mass is 32.2. The van der Waals surface area contributed by atoms with E-state index >= 15 is 0 Å². The predicted molar refractivity (Wildman–Crippen MR) is 111 cm³/mol. The highest BCUT2D eigenvalue weighted by molar-refractivity contribution is 7.89. The minimum atomic E-state index is -3.30. The van der Waals surface area contributed by atoms with Crippen LogP contribution >= 0.6 is 0 Å². The van der Waals surface area contributed by atoms with Gasteiger partial charge in [-0.05, 0) is 43.5 Å². The number of methoxy groups -OCH3 is 1. The van der Waals surface area contributed by atoms with Gasteiger partial charge in [-0.1, -0.05) is 5.16 Å². The normalized spacial score (nSPS) is 21.6. The third-order valence-corrected chi connectivity index (χ3v) is 7.52. The summed E-state index contributed by atoms with van der Waals surface area (Å²) in [4.78, 5) is 6.60. The van der Waals surface area contributed by atoms with Crippen molar-refractivity contribution in [2.45, 2.75) is 31.9 Å². The van der Waals surface area contributed by atoms with E-state index in [0.29, 0.717) is 51.0 Å². The number of ether oxygens (including phenoxy) is 2. The summed E-state index contributed by atoms with van der Waals surface area (Å²) in [6.07, 6.45) is 2.71. The van der Waals surface area contributed by atoms with Gasteiger partial charge in [0.2, 0.25) is 21.7 Å². The molecule has 0 amide bonds. The fourth-order valence-corrected chi connectivity index (χ4v) is 5.48. The van der Waals surface area contributed by atoms with E-state index in [-0.39, 0.29) is 11.9 Å². The van der Waals surface area contributed by atoms with Crippen LogP contribution in [0.5, 0.6) is 5.75 Å². The van der Waals surface area contributed by atoms with Crippen LogP contribution in [0.1, 0.15) is 25.2 Å². The molecule has 0 N–H and O–H groups in total. The number of hydrogen-bond donors (Lipinski definition) is 0. The van der Waals surface area contributed by atoms with Gasteiger partial charge in [-0.25, -0.2) is 8.42 Å². The Labute approximate surface area is 177 Å². The Morgan fingerprint density at radius 2 is 1.90 bits per heavy atom. The molecule has 1 atom stereocenters. The lowest BCUT2D eigenvalue weighted by Crippen LogP contribution is -2.50. The van der Waals surface area contributed by atoms with Crippen LogP contribution in [0.25, 0.3) is 11.4 Å². The zero-order valence-corrected chi connectivity index (χ0v) is 18.0. The van der Waals surface area contributed by atoms with E-state index in [2.05, 4.69) is 15.0 Å². The largest absolute Gasteiger partial charge is 0.497 e. The fourth-order valence-electron chi connectivity index (χ4n) is 3.81. The molecule has 3 heterocycles. The minimum absolute atomic E-state index is 0.0852. The second-order valence-electron chi connectivity index (χ2n) is 7.68. The number of aromatic nitrogens is 2. The van der Waals surface area contributed by atoms with Gasteiger partial charge < -0.3 is 14.0 Å². The lowest BCUT2D eigenvalue weighted by molar-refractivity contribution is 0.0296. The van der Waals surface area contributed by atoms with Crippen molar-refractivity contribution in [1.82, 2.24) is 19.3 Å². The fraction of sp³-hybridized carbons (Fsp3) is 0.600. The Balaban J connectivity index is 1.29. The number of sulfonamides is 1. The average molecular weight is 437 g/mol. The Morgan fingerprint density at radius 1 is 1.13 bits per heavy atom. The number of benzene rings is 1. The number of piperazine rings is 1. The summed E-state index contributed by atoms with van der Waals surface area (Å²) in [5, 5.41) is 4.05. The SMILES string of the molecule is COc1ccc(-c2noc(CN3CCN(S(=O)(=O)CC4CCCCO4)CC3)n2)cc1. The molecule has 1 aromatic carbocycles. The van der Waals surface area contributed by atoms with Gasteiger partial charge in [0.05, 0.1) is 25.5 Å². The summed E-state index contributed by atoms with van der Waals surface area (Å²) < 4.78 is 43.1. The van der Waals surface area contributed by atoms with Crippen molar-refractivity contribution in [3.05, 3.63) is 30.2 Å². The van der Waals surface area contributed by atoms with Crippen LogP contribution in [-0.4, -0.2) is 79.5 Å². The maximum Gasteiger partial charge on any atom is 0.241 e. The van der Waals surface area contributed by atoms with Crippen LogP contribution in [0.4, 0.5) is 0 Å². The van der Waals surface area contributed by atoms with Crippen molar-refractivity contribution in [3.8, 4) is 17.1 Å². The van der Waals surface area contributed by atoms with Gasteiger partial charge in [0.25, 0.3) is 0 Å². The molecule has 10 heteroatoms. The second-order valence-corrected chi connectivity index (χ2v) is 9.70. The molecule has 0 spiro atoms. The molecule has 2 aromatic rings. The molecule has 2 aliphatic rings. The molecule has 0 saturated carbocycles. The topological polar surface area (TPSA) is 98.0 Å². The highest BCUT2D eigenvalue weighted by Gasteiger charge is 2.31. The molecule has 2 fully saturated rings. The maximum atomic E-state index is 12.7. The zero-order chi connectivity index (χ0) is 21.0. The summed E-state index contributed by atoms with van der Waals surface area (Å²) in [6, 6.07) is 7.47. The Kier molecular flexibility index (Phi) is 6.67. The summed E-state index contributed by atoms with van der Waals surface area (Å²) >= 11 is 0. The first-order valence-corrected chi connectivity index (χ1v) is 11.9. The number of nitrogens with zero attached hydrogens (tertiary/aromatic N) is 4. The Bertz CT molecular complexity index is 917. The van der Waals surface area contributed by atoms with Crippen LogP contribution in [-0.2, 0) is 21.3 Å². The second kappa shape index (κ2) is 9.42. The molecule has 2 aliphatic heterocycles. The standard InChI is InChI=1S/C20H28N4O5S/c1-27-17-7-5-16(6-8-17)20-21-19(29-22-20)14-23-9-11-24(12-10-23)30(25,26)15-18-4-2-3-13-28-18/h5-8,18H,2-4,9-15H2,1H3. The Morgan fingerprint density at radius 3 is 2.57 bits per heavy atom. The minimum Gasteiger partial charge on any atom is -0.497 e. The first-order chi connectivity index (χ1) is 14.5. The number of rotatable bonds is 7. The Hall–Kier alpha value is -2.01. The van der Waals surface area contributed by atoms with E-state index in [1.54, 1.807) is 11.4 Å². The summed E-state index contributed by atoms with van der Waals surface area (Å²) in [6.45, 7) is 3.36. The molecule has 0 radical (unpaired) electrons. The number of hydrogen-bond acceptors (Lipinski definition) is 8. The van der Waals surface area contributed by atoms with E-state index in [1.807, 2.05) is 24.3 Å². The molecule has 2 saturated heterocycles. The van der Waals surface area contributed by atoms with E-state index in [4.69, 9.17) is 14.0 Å². The average Bonchev–Trinajstić information content (AvgIpc) is 3.23. The molecular weight excluding hydrogens is 408 g/mol. The predicted octanol–water partition coefficient (Wildman–Crippen LogP) is 1.76. The van der Waals surface area contributed by atoms with Crippen molar-refractivity contribution >= 4 is 10.0 Å². The monoisotopic (exact) mass is 436 g/mol. The van der Waals surface area contributed by atoms with Gasteiger partial charge in [-0.15, -0.1) is 0 Å². The van der Waals surface area contributed by atoms with Crippen molar-refractivity contribution < 1.29 is 22.4 Å². The summed E-state index contributed by atoms with van der Waals surface area (Å²) in [5.41, 5.74) is 0.853. The van der Waals surface area contributed by atoms with Crippen molar-refractivity contribution in [1.29, 1.82) is 0 Å². The molecule has 0 aliphatic carbocycles. The molecular formula is C20H28N4O5S. The molecule has 9 nitrogen and oxygen atoms in total. The molecule has 0 bridgehead atoms. The van der Waals surface area contributed by atoms with E-state index in [1.165, 1.54) is 0 Å². The van der Waals surface area contributed by atoms with Crippen LogP contribution in [0, 0.1) is 0 Å². The zero-order valence-electron chi connectivity index (χ0n) is 17.2. The van der Waals surface area contributed by atoms with Crippen molar-refractivity contribution in [2.75, 3.05) is 45.6 Å². The van der Waals surface area contributed by atoms with Crippen LogP contribution in [0.2, 0.25) is 0 Å². The lowest BCUT2D eigenvalue weighted by Gasteiger charge is -2.34. The first-order valence-electron chi connectivity index (χ1n) is 10.3. The highest BCUT2D eigenvalue weighted by Crippen LogP contribution is 2.21. The van der Waals surface area contributed by atoms with Gasteiger partial charge in [0.15, 0.2) is 0 Å². The lowest BCUT2D eigenvalue weighted by atomic mass is 10.1. The van der Waals surface area contributed by atoms with Crippen LogP contribution in [0.15, 0.2) is 28.8 Å². The smallest absolute Gasteiger partial charge is 0.241 e. The van der Waals surface area contributed by atoms with Gasteiger partial charge in [-0.3, -0.25) is 4.90 Å². The molecule has 4 rings (SSSR count). The van der Waals surface area contributed by atoms with Gasteiger partial charge in [-0.2, -0.15) is 9.29 Å². The van der Waals surface area contributed by atoms with Crippen LogP contribution < -0.4 is 4.74 Å². The third kappa shape index (κ3) is 5.18. The molecule has 1 unspecified atom stereocenters. The van der Waals surface area contributed by atoms with Gasteiger partial charge >= 0.3 is 0 Å². The third-order valence-electron chi connectivity index (χ3n) is 5.57. The van der Waals surface area contributed by atoms with E-state index in [9.17, 15) is 8.42 Å².